The molecule has 3 N–H and O–H groups in total. The van der Waals surface area contributed by atoms with Crippen molar-refractivity contribution in [2.75, 3.05) is 5.32 Å². The summed E-state index contributed by atoms with van der Waals surface area (Å²) in [7, 11) is 0. The number of anilines is 1. The highest BCUT2D eigenvalue weighted by Gasteiger charge is 2.22. The van der Waals surface area contributed by atoms with Crippen LogP contribution in [0.3, 0.4) is 0 Å². The molecule has 1 aliphatic rings. The van der Waals surface area contributed by atoms with E-state index >= 15 is 0 Å². The SMILES string of the molecule is N[C@H]1CC[C@H](Nc2cc(-c3ccc(F)cc3)nc3ccnn23)C1. The fourth-order valence-electron chi connectivity index (χ4n) is 3.14. The molecule has 5 nitrogen and oxygen atoms in total. The normalized spacial score (nSPS) is 21.0. The van der Waals surface area contributed by atoms with Crippen LogP contribution in [0.1, 0.15) is 19.3 Å². The van der Waals surface area contributed by atoms with Gasteiger partial charge in [0.1, 0.15) is 11.6 Å². The van der Waals surface area contributed by atoms with Gasteiger partial charge >= 0.3 is 0 Å². The summed E-state index contributed by atoms with van der Waals surface area (Å²) in [5.74, 6) is 0.635. The van der Waals surface area contributed by atoms with E-state index in [0.717, 1.165) is 42.0 Å². The molecule has 0 saturated heterocycles. The Morgan fingerprint density at radius 2 is 2.00 bits per heavy atom. The van der Waals surface area contributed by atoms with Crippen molar-refractivity contribution in [2.24, 2.45) is 5.73 Å². The molecule has 6 heteroatoms. The molecule has 118 valence electrons. The molecule has 23 heavy (non-hydrogen) atoms. The molecule has 0 amide bonds. The number of benzene rings is 1. The van der Waals surface area contributed by atoms with Gasteiger partial charge in [-0.1, -0.05) is 0 Å². The average molecular weight is 311 g/mol. The zero-order chi connectivity index (χ0) is 15.8. The van der Waals surface area contributed by atoms with E-state index in [2.05, 4.69) is 15.4 Å². The molecular weight excluding hydrogens is 293 g/mol. The third kappa shape index (κ3) is 2.77. The van der Waals surface area contributed by atoms with Crippen LogP contribution in [0, 0.1) is 5.82 Å². The van der Waals surface area contributed by atoms with E-state index in [-0.39, 0.29) is 11.9 Å². The Bertz CT molecular complexity index is 827. The molecule has 0 bridgehead atoms. The summed E-state index contributed by atoms with van der Waals surface area (Å²) in [6.45, 7) is 0. The standard InChI is InChI=1S/C17H18FN5/c18-12-3-1-11(2-4-12)15-10-17(21-14-6-5-13(19)9-14)23-16(22-15)7-8-20-23/h1-4,7-8,10,13-14,21H,5-6,9,19H2/t13-,14-/m0/s1. The van der Waals surface area contributed by atoms with Crippen molar-refractivity contribution in [2.45, 2.75) is 31.3 Å². The lowest BCUT2D eigenvalue weighted by atomic mass is 10.1. The van der Waals surface area contributed by atoms with E-state index in [4.69, 9.17) is 5.73 Å². The van der Waals surface area contributed by atoms with Crippen LogP contribution < -0.4 is 11.1 Å². The lowest BCUT2D eigenvalue weighted by Gasteiger charge is -2.16. The Balaban J connectivity index is 1.73. The summed E-state index contributed by atoms with van der Waals surface area (Å²) in [4.78, 5) is 4.60. The number of hydrogen-bond donors (Lipinski definition) is 2. The Labute approximate surface area is 133 Å². The molecule has 0 spiro atoms. The van der Waals surface area contributed by atoms with E-state index in [1.54, 1.807) is 22.8 Å². The topological polar surface area (TPSA) is 68.2 Å². The van der Waals surface area contributed by atoms with E-state index in [0.29, 0.717) is 6.04 Å². The van der Waals surface area contributed by atoms with Crippen LogP contribution in [-0.4, -0.2) is 26.7 Å². The van der Waals surface area contributed by atoms with Crippen LogP contribution >= 0.6 is 0 Å². The highest BCUT2D eigenvalue weighted by atomic mass is 19.1. The van der Waals surface area contributed by atoms with E-state index in [1.807, 2.05) is 12.1 Å². The minimum Gasteiger partial charge on any atom is -0.367 e. The van der Waals surface area contributed by atoms with Gasteiger partial charge in [-0.2, -0.15) is 9.61 Å². The third-order valence-corrected chi connectivity index (χ3v) is 4.32. The molecule has 2 heterocycles. The second-order valence-electron chi connectivity index (χ2n) is 6.05. The highest BCUT2D eigenvalue weighted by molar-refractivity contribution is 5.66. The first kappa shape index (κ1) is 14.1. The molecule has 2 aromatic heterocycles. The molecule has 1 fully saturated rings. The van der Waals surface area contributed by atoms with Crippen molar-refractivity contribution in [1.29, 1.82) is 0 Å². The summed E-state index contributed by atoms with van der Waals surface area (Å²) in [5.41, 5.74) is 8.43. The molecule has 1 saturated carbocycles. The van der Waals surface area contributed by atoms with Crippen molar-refractivity contribution in [3.8, 4) is 11.3 Å². The third-order valence-electron chi connectivity index (χ3n) is 4.32. The van der Waals surface area contributed by atoms with Crippen LogP contribution in [-0.2, 0) is 0 Å². The predicted octanol–water partition coefficient (Wildman–Crippen LogP) is 2.83. The summed E-state index contributed by atoms with van der Waals surface area (Å²) in [6.07, 6.45) is 4.77. The van der Waals surface area contributed by atoms with Gasteiger partial charge in [0.05, 0.1) is 11.9 Å². The van der Waals surface area contributed by atoms with Crippen molar-refractivity contribution in [3.63, 3.8) is 0 Å². The lowest BCUT2D eigenvalue weighted by Crippen LogP contribution is -2.22. The smallest absolute Gasteiger partial charge is 0.157 e. The van der Waals surface area contributed by atoms with Crippen LogP contribution in [0.2, 0.25) is 0 Å². The molecule has 2 atom stereocenters. The van der Waals surface area contributed by atoms with E-state index in [1.165, 1.54) is 12.1 Å². The quantitative estimate of drug-likeness (QED) is 0.780. The molecule has 0 radical (unpaired) electrons. The first-order valence-electron chi connectivity index (χ1n) is 7.82. The van der Waals surface area contributed by atoms with E-state index < -0.39 is 0 Å². The lowest BCUT2D eigenvalue weighted by molar-refractivity contribution is 0.628. The highest BCUT2D eigenvalue weighted by Crippen LogP contribution is 2.26. The van der Waals surface area contributed by atoms with Crippen molar-refractivity contribution in [1.82, 2.24) is 14.6 Å². The maximum absolute atomic E-state index is 13.1. The molecule has 4 rings (SSSR count). The summed E-state index contributed by atoms with van der Waals surface area (Å²) in [6, 6.07) is 10.8. The summed E-state index contributed by atoms with van der Waals surface area (Å²) in [5, 5.41) is 7.86. The Kier molecular flexibility index (Phi) is 3.46. The van der Waals surface area contributed by atoms with E-state index in [9.17, 15) is 4.39 Å². The number of nitrogens with two attached hydrogens (primary N) is 1. The minimum absolute atomic E-state index is 0.252. The van der Waals surface area contributed by atoms with Crippen molar-refractivity contribution < 1.29 is 4.39 Å². The predicted molar refractivity (Wildman–Crippen MR) is 87.6 cm³/mol. The van der Waals surface area contributed by atoms with Gasteiger partial charge in [-0.3, -0.25) is 0 Å². The van der Waals surface area contributed by atoms with Crippen molar-refractivity contribution in [3.05, 3.63) is 48.4 Å². The fourth-order valence-corrected chi connectivity index (χ4v) is 3.14. The number of nitrogens with one attached hydrogen (secondary N) is 1. The molecule has 1 aliphatic carbocycles. The molecule has 0 unspecified atom stereocenters. The second kappa shape index (κ2) is 5.62. The maximum Gasteiger partial charge on any atom is 0.157 e. The molecule has 3 aromatic rings. The molecule has 1 aromatic carbocycles. The number of aromatic nitrogens is 3. The van der Waals surface area contributed by atoms with Crippen LogP contribution in [0.15, 0.2) is 42.6 Å². The average Bonchev–Trinajstić information content (AvgIpc) is 3.17. The zero-order valence-electron chi connectivity index (χ0n) is 12.6. The van der Waals surface area contributed by atoms with Gasteiger partial charge in [0.15, 0.2) is 5.65 Å². The van der Waals surface area contributed by atoms with Gasteiger partial charge in [0.2, 0.25) is 0 Å². The second-order valence-corrected chi connectivity index (χ2v) is 6.05. The van der Waals surface area contributed by atoms with Gasteiger partial charge in [-0.25, -0.2) is 9.37 Å². The molecular formula is C17H18FN5. The summed E-state index contributed by atoms with van der Waals surface area (Å²) >= 11 is 0. The van der Waals surface area contributed by atoms with Gasteiger partial charge in [0, 0.05) is 29.8 Å². The van der Waals surface area contributed by atoms with Gasteiger partial charge in [0.25, 0.3) is 0 Å². The first-order chi connectivity index (χ1) is 11.2. The zero-order valence-corrected chi connectivity index (χ0v) is 12.6. The van der Waals surface area contributed by atoms with Crippen molar-refractivity contribution >= 4 is 11.5 Å². The Hall–Kier alpha value is -2.47. The van der Waals surface area contributed by atoms with Crippen LogP contribution in [0.4, 0.5) is 10.2 Å². The van der Waals surface area contributed by atoms with Gasteiger partial charge in [-0.05, 0) is 43.5 Å². The van der Waals surface area contributed by atoms with Crippen LogP contribution in [0.25, 0.3) is 16.9 Å². The minimum atomic E-state index is -0.252. The van der Waals surface area contributed by atoms with Gasteiger partial charge < -0.3 is 11.1 Å². The fraction of sp³-hybridized carbons (Fsp3) is 0.294. The number of nitrogens with zero attached hydrogens (tertiary/aromatic N) is 3. The number of fused-ring (bicyclic) bond motifs is 1. The number of rotatable bonds is 3. The summed E-state index contributed by atoms with van der Waals surface area (Å²) < 4.78 is 14.9. The van der Waals surface area contributed by atoms with Crippen LogP contribution in [0.5, 0.6) is 0 Å². The first-order valence-corrected chi connectivity index (χ1v) is 7.82. The Morgan fingerprint density at radius 1 is 1.17 bits per heavy atom. The van der Waals surface area contributed by atoms with Gasteiger partial charge in [-0.15, -0.1) is 0 Å². The molecule has 0 aliphatic heterocycles. The number of halogens is 1. The Morgan fingerprint density at radius 3 is 2.74 bits per heavy atom. The monoisotopic (exact) mass is 311 g/mol. The number of hydrogen-bond acceptors (Lipinski definition) is 4. The largest absolute Gasteiger partial charge is 0.367 e. The maximum atomic E-state index is 13.1.